The van der Waals surface area contributed by atoms with Crippen molar-refractivity contribution in [2.45, 2.75) is 33.6 Å². The minimum Gasteiger partial charge on any atom is -0.442 e. The predicted octanol–water partition coefficient (Wildman–Crippen LogP) is 2.47. The second kappa shape index (κ2) is 9.31. The van der Waals surface area contributed by atoms with Gasteiger partial charge in [-0.15, -0.1) is 0 Å². The second-order valence-electron chi connectivity index (χ2n) is 8.83. The third kappa shape index (κ3) is 4.59. The molecule has 164 valence electrons. The van der Waals surface area contributed by atoms with Gasteiger partial charge in [-0.3, -0.25) is 4.79 Å². The van der Waals surface area contributed by atoms with E-state index in [1.807, 2.05) is 6.92 Å². The Morgan fingerprint density at radius 3 is 2.67 bits per heavy atom. The number of aryl methyl sites for hydroxylation is 1. The normalized spacial score (nSPS) is 23.1. The Kier molecular flexibility index (Phi) is 6.53. The Morgan fingerprint density at radius 1 is 1.20 bits per heavy atom. The molecule has 2 aromatic rings. The highest BCUT2D eigenvalue weighted by Crippen LogP contribution is 2.31. The first-order valence-electron chi connectivity index (χ1n) is 11.1. The highest BCUT2D eigenvalue weighted by atomic mass is 16.5. The summed E-state index contributed by atoms with van der Waals surface area (Å²) in [4.78, 5) is 26.4. The van der Waals surface area contributed by atoms with Gasteiger partial charge in [0.25, 0.3) is 5.91 Å². The summed E-state index contributed by atoms with van der Waals surface area (Å²) >= 11 is 0. The molecule has 2 aromatic heterocycles. The Balaban J connectivity index is 1.42. The first-order valence-corrected chi connectivity index (χ1v) is 11.1. The van der Waals surface area contributed by atoms with Crippen LogP contribution in [0.2, 0.25) is 0 Å². The van der Waals surface area contributed by atoms with Gasteiger partial charge in [-0.25, -0.2) is 9.97 Å². The van der Waals surface area contributed by atoms with E-state index in [-0.39, 0.29) is 5.91 Å². The third-order valence-electron chi connectivity index (χ3n) is 6.06. The molecule has 0 radical (unpaired) electrons. The molecule has 4 heterocycles. The summed E-state index contributed by atoms with van der Waals surface area (Å²) in [5.74, 6) is 2.72. The molecule has 0 unspecified atom stereocenters. The molecule has 8 heteroatoms. The summed E-state index contributed by atoms with van der Waals surface area (Å²) in [6, 6.07) is 0. The maximum Gasteiger partial charge on any atom is 0.255 e. The maximum atomic E-state index is 13.0. The number of rotatable bonds is 6. The lowest BCUT2D eigenvalue weighted by Gasteiger charge is -2.34. The Morgan fingerprint density at radius 2 is 1.93 bits per heavy atom. The largest absolute Gasteiger partial charge is 0.442 e. The fraction of sp³-hybridized carbons (Fsp3) is 0.682. The number of anilines is 1. The standard InChI is InChI=1S/C22H33N5O3/c1-15-11-16(2)13-26(12-15)6-4-5-23-21(28)18-17(3)30-22-19(18)20(24-14-25-22)27-7-9-29-10-8-27/h14-16H,4-13H2,1-3H3,(H,23,28)/t15-,16-/m0/s1. The zero-order valence-corrected chi connectivity index (χ0v) is 18.3. The van der Waals surface area contributed by atoms with Crippen LogP contribution in [0.5, 0.6) is 0 Å². The summed E-state index contributed by atoms with van der Waals surface area (Å²) < 4.78 is 11.3. The Bertz CT molecular complexity index is 867. The summed E-state index contributed by atoms with van der Waals surface area (Å²) in [5, 5.41) is 3.79. The van der Waals surface area contributed by atoms with Gasteiger partial charge >= 0.3 is 0 Å². The van der Waals surface area contributed by atoms with Gasteiger partial charge in [0.1, 0.15) is 17.9 Å². The van der Waals surface area contributed by atoms with E-state index in [4.69, 9.17) is 9.15 Å². The van der Waals surface area contributed by atoms with Crippen LogP contribution in [0.15, 0.2) is 10.7 Å². The molecule has 2 saturated heterocycles. The number of furan rings is 1. The zero-order chi connectivity index (χ0) is 21.1. The third-order valence-corrected chi connectivity index (χ3v) is 6.06. The number of morpholine rings is 1. The van der Waals surface area contributed by atoms with Crippen molar-refractivity contribution in [2.24, 2.45) is 11.8 Å². The van der Waals surface area contributed by atoms with Crippen molar-refractivity contribution in [3.63, 3.8) is 0 Å². The van der Waals surface area contributed by atoms with Crippen LogP contribution in [0.1, 0.15) is 42.8 Å². The number of nitrogens with one attached hydrogen (secondary N) is 1. The van der Waals surface area contributed by atoms with Gasteiger partial charge < -0.3 is 24.3 Å². The van der Waals surface area contributed by atoms with E-state index in [0.717, 1.165) is 56.8 Å². The monoisotopic (exact) mass is 415 g/mol. The fourth-order valence-corrected chi connectivity index (χ4v) is 4.88. The highest BCUT2D eigenvalue weighted by molar-refractivity contribution is 6.10. The molecule has 0 spiro atoms. The highest BCUT2D eigenvalue weighted by Gasteiger charge is 2.26. The van der Waals surface area contributed by atoms with Crippen molar-refractivity contribution >= 4 is 22.8 Å². The van der Waals surface area contributed by atoms with E-state index >= 15 is 0 Å². The lowest BCUT2D eigenvalue weighted by molar-refractivity contribution is 0.0947. The smallest absolute Gasteiger partial charge is 0.255 e. The summed E-state index contributed by atoms with van der Waals surface area (Å²) in [5.41, 5.74) is 1.01. The number of aromatic nitrogens is 2. The van der Waals surface area contributed by atoms with Crippen LogP contribution in [0, 0.1) is 18.8 Å². The van der Waals surface area contributed by atoms with E-state index in [9.17, 15) is 4.79 Å². The maximum absolute atomic E-state index is 13.0. The topological polar surface area (TPSA) is 83.7 Å². The summed E-state index contributed by atoms with van der Waals surface area (Å²) in [7, 11) is 0. The number of amides is 1. The molecular formula is C22H33N5O3. The van der Waals surface area contributed by atoms with Gasteiger partial charge in [-0.2, -0.15) is 0 Å². The van der Waals surface area contributed by atoms with Gasteiger partial charge in [0.05, 0.1) is 24.2 Å². The summed E-state index contributed by atoms with van der Waals surface area (Å²) in [6.07, 6.45) is 3.75. The number of ether oxygens (including phenoxy) is 1. The molecule has 1 N–H and O–H groups in total. The Labute approximate surface area is 178 Å². The molecule has 0 saturated carbocycles. The van der Waals surface area contributed by atoms with Crippen LogP contribution < -0.4 is 10.2 Å². The molecule has 0 aromatic carbocycles. The van der Waals surface area contributed by atoms with Crippen molar-refractivity contribution in [1.29, 1.82) is 0 Å². The number of fused-ring (bicyclic) bond motifs is 1. The molecule has 2 fully saturated rings. The SMILES string of the molecule is Cc1oc2ncnc(N3CCOCC3)c2c1C(=O)NCCCN1C[C@@H](C)C[C@H](C)C1. The van der Waals surface area contributed by atoms with Crippen molar-refractivity contribution in [3.8, 4) is 0 Å². The van der Waals surface area contributed by atoms with Crippen LogP contribution in [0.3, 0.4) is 0 Å². The minimum absolute atomic E-state index is 0.115. The predicted molar refractivity (Wildman–Crippen MR) is 116 cm³/mol. The van der Waals surface area contributed by atoms with E-state index < -0.39 is 0 Å². The number of carbonyl (C=O) groups excluding carboxylic acids is 1. The van der Waals surface area contributed by atoms with Gasteiger partial charge in [0, 0.05) is 32.7 Å². The number of likely N-dealkylation sites (tertiary alicyclic amines) is 1. The average Bonchev–Trinajstić information content (AvgIpc) is 3.07. The van der Waals surface area contributed by atoms with E-state index in [1.54, 1.807) is 0 Å². The van der Waals surface area contributed by atoms with Gasteiger partial charge in [-0.1, -0.05) is 13.8 Å². The molecule has 0 bridgehead atoms. The van der Waals surface area contributed by atoms with E-state index in [0.29, 0.717) is 42.2 Å². The molecule has 0 aliphatic carbocycles. The zero-order valence-electron chi connectivity index (χ0n) is 18.3. The van der Waals surface area contributed by atoms with Crippen LogP contribution in [0.4, 0.5) is 5.82 Å². The summed E-state index contributed by atoms with van der Waals surface area (Å²) in [6.45, 7) is 13.2. The van der Waals surface area contributed by atoms with Gasteiger partial charge in [-0.05, 0) is 38.1 Å². The quantitative estimate of drug-likeness (QED) is 0.726. The van der Waals surface area contributed by atoms with Crippen LogP contribution >= 0.6 is 0 Å². The van der Waals surface area contributed by atoms with E-state index in [1.165, 1.54) is 12.7 Å². The number of nitrogens with zero attached hydrogens (tertiary/aromatic N) is 4. The molecule has 30 heavy (non-hydrogen) atoms. The van der Waals surface area contributed by atoms with Crippen molar-refractivity contribution in [3.05, 3.63) is 17.7 Å². The molecule has 2 aliphatic rings. The molecule has 2 atom stereocenters. The van der Waals surface area contributed by atoms with Crippen molar-refractivity contribution in [1.82, 2.24) is 20.2 Å². The first kappa shape index (κ1) is 21.1. The molecule has 8 nitrogen and oxygen atoms in total. The van der Waals surface area contributed by atoms with E-state index in [2.05, 4.69) is 38.9 Å². The average molecular weight is 416 g/mol. The fourth-order valence-electron chi connectivity index (χ4n) is 4.88. The number of piperidine rings is 1. The lowest BCUT2D eigenvalue weighted by Crippen LogP contribution is -2.40. The van der Waals surface area contributed by atoms with Crippen LogP contribution in [0.25, 0.3) is 11.1 Å². The second-order valence-corrected chi connectivity index (χ2v) is 8.83. The van der Waals surface area contributed by atoms with Gasteiger partial charge in [0.15, 0.2) is 0 Å². The molecule has 1 amide bonds. The number of hydrogen-bond acceptors (Lipinski definition) is 7. The molecule has 4 rings (SSSR count). The Hall–Kier alpha value is -2.19. The number of carbonyl (C=O) groups is 1. The minimum atomic E-state index is -0.115. The molecule has 2 aliphatic heterocycles. The number of hydrogen-bond donors (Lipinski definition) is 1. The van der Waals surface area contributed by atoms with Crippen LogP contribution in [-0.2, 0) is 4.74 Å². The van der Waals surface area contributed by atoms with Gasteiger partial charge in [0.2, 0.25) is 5.71 Å². The van der Waals surface area contributed by atoms with Crippen molar-refractivity contribution < 1.29 is 13.9 Å². The molecular weight excluding hydrogens is 382 g/mol. The lowest BCUT2D eigenvalue weighted by atomic mass is 9.92. The van der Waals surface area contributed by atoms with Crippen LogP contribution in [-0.4, -0.2) is 73.3 Å². The van der Waals surface area contributed by atoms with Crippen molar-refractivity contribution in [2.75, 3.05) is 57.4 Å². The first-order chi connectivity index (χ1) is 14.5.